The van der Waals surface area contributed by atoms with Gasteiger partial charge in [0.1, 0.15) is 5.82 Å². The number of hydrogen-bond donors (Lipinski definition) is 1. The van der Waals surface area contributed by atoms with E-state index in [9.17, 15) is 4.79 Å². The van der Waals surface area contributed by atoms with E-state index in [0.717, 1.165) is 28.6 Å². The molecule has 9 heteroatoms. The van der Waals surface area contributed by atoms with Gasteiger partial charge in [-0.3, -0.25) is 14.0 Å². The average Bonchev–Trinajstić information content (AvgIpc) is 3.46. The minimum Gasteiger partial charge on any atom is -0.322 e. The molecule has 1 amide bonds. The van der Waals surface area contributed by atoms with Crippen LogP contribution in [-0.4, -0.2) is 35.7 Å². The van der Waals surface area contributed by atoms with Crippen molar-refractivity contribution in [3.05, 3.63) is 69.9 Å². The Morgan fingerprint density at radius 1 is 1.16 bits per heavy atom. The van der Waals surface area contributed by atoms with Gasteiger partial charge in [-0.2, -0.15) is 5.10 Å². The Balaban J connectivity index is 1.58. The van der Waals surface area contributed by atoms with Crippen LogP contribution in [-0.2, 0) is 18.3 Å². The Labute approximate surface area is 189 Å². The van der Waals surface area contributed by atoms with Crippen LogP contribution in [0.1, 0.15) is 29.0 Å². The Morgan fingerprint density at radius 3 is 2.58 bits per heavy atom. The zero-order valence-electron chi connectivity index (χ0n) is 17.9. The first-order valence-electron chi connectivity index (χ1n) is 9.94. The van der Waals surface area contributed by atoms with E-state index in [-0.39, 0.29) is 11.2 Å². The van der Waals surface area contributed by atoms with Gasteiger partial charge in [0.15, 0.2) is 5.16 Å². The number of benzene rings is 1. The maximum Gasteiger partial charge on any atom is 0.237 e. The van der Waals surface area contributed by atoms with Crippen molar-refractivity contribution in [3.8, 4) is 5.69 Å². The second-order valence-electron chi connectivity index (χ2n) is 7.24. The molecule has 0 saturated heterocycles. The molecule has 1 aromatic carbocycles. The van der Waals surface area contributed by atoms with Crippen LogP contribution in [0.2, 0.25) is 0 Å². The molecule has 7 nitrogen and oxygen atoms in total. The van der Waals surface area contributed by atoms with Crippen LogP contribution in [0.4, 0.5) is 5.69 Å². The van der Waals surface area contributed by atoms with E-state index in [0.29, 0.717) is 11.6 Å². The standard InChI is InChI=1S/C22H24N6OS2/c1-14-20(15(2)27(4)26-14)23-21(29)16(3)31-22-25-24-19(13-18-11-8-12-30-18)28(22)17-9-6-5-7-10-17/h5-12,16H,13H2,1-4H3,(H,23,29). The lowest BCUT2D eigenvalue weighted by molar-refractivity contribution is -0.115. The molecule has 0 spiro atoms. The maximum absolute atomic E-state index is 12.9. The second-order valence-corrected chi connectivity index (χ2v) is 9.58. The molecule has 1 unspecified atom stereocenters. The Morgan fingerprint density at radius 2 is 1.94 bits per heavy atom. The number of thiophene rings is 1. The molecule has 31 heavy (non-hydrogen) atoms. The predicted molar refractivity (Wildman–Crippen MR) is 125 cm³/mol. The molecule has 1 atom stereocenters. The summed E-state index contributed by atoms with van der Waals surface area (Å²) >= 11 is 3.09. The van der Waals surface area contributed by atoms with Crippen molar-refractivity contribution in [1.29, 1.82) is 0 Å². The first kappa shape index (κ1) is 21.3. The van der Waals surface area contributed by atoms with Gasteiger partial charge < -0.3 is 5.32 Å². The summed E-state index contributed by atoms with van der Waals surface area (Å²) in [6.45, 7) is 5.71. The van der Waals surface area contributed by atoms with Crippen LogP contribution in [0.5, 0.6) is 0 Å². The van der Waals surface area contributed by atoms with Crippen molar-refractivity contribution in [2.75, 3.05) is 5.32 Å². The summed E-state index contributed by atoms with van der Waals surface area (Å²) in [7, 11) is 1.87. The van der Waals surface area contributed by atoms with Crippen molar-refractivity contribution in [3.63, 3.8) is 0 Å². The van der Waals surface area contributed by atoms with Crippen LogP contribution < -0.4 is 5.32 Å². The number of nitrogens with zero attached hydrogens (tertiary/aromatic N) is 5. The molecule has 4 aromatic rings. The van der Waals surface area contributed by atoms with Crippen LogP contribution in [0.3, 0.4) is 0 Å². The van der Waals surface area contributed by atoms with E-state index in [1.165, 1.54) is 16.6 Å². The van der Waals surface area contributed by atoms with Gasteiger partial charge in [0, 0.05) is 24.0 Å². The number of rotatable bonds is 7. The number of carbonyl (C=O) groups is 1. The summed E-state index contributed by atoms with van der Waals surface area (Å²) in [5, 5.41) is 18.7. The number of thioether (sulfide) groups is 1. The number of aryl methyl sites for hydroxylation is 2. The van der Waals surface area contributed by atoms with E-state index >= 15 is 0 Å². The Hall–Kier alpha value is -2.91. The van der Waals surface area contributed by atoms with Gasteiger partial charge in [0.2, 0.25) is 5.91 Å². The van der Waals surface area contributed by atoms with Crippen molar-refractivity contribution in [2.24, 2.45) is 7.05 Å². The summed E-state index contributed by atoms with van der Waals surface area (Å²) < 4.78 is 3.81. The zero-order valence-corrected chi connectivity index (χ0v) is 19.5. The van der Waals surface area contributed by atoms with Crippen molar-refractivity contribution in [1.82, 2.24) is 24.5 Å². The topological polar surface area (TPSA) is 77.6 Å². The molecule has 160 valence electrons. The quantitative estimate of drug-likeness (QED) is 0.421. The van der Waals surface area contributed by atoms with Gasteiger partial charge >= 0.3 is 0 Å². The van der Waals surface area contributed by atoms with Gasteiger partial charge in [-0.15, -0.1) is 21.5 Å². The number of amides is 1. The lowest BCUT2D eigenvalue weighted by Crippen LogP contribution is -2.23. The number of nitrogens with one attached hydrogen (secondary N) is 1. The first-order valence-corrected chi connectivity index (χ1v) is 11.7. The summed E-state index contributed by atoms with van der Waals surface area (Å²) in [4.78, 5) is 14.1. The highest BCUT2D eigenvalue weighted by molar-refractivity contribution is 8.00. The normalized spacial score (nSPS) is 12.1. The van der Waals surface area contributed by atoms with Crippen LogP contribution in [0, 0.1) is 13.8 Å². The molecule has 0 fully saturated rings. The van der Waals surface area contributed by atoms with E-state index in [2.05, 4.69) is 32.1 Å². The summed E-state index contributed by atoms with van der Waals surface area (Å²) in [5.74, 6) is 0.759. The van der Waals surface area contributed by atoms with Crippen molar-refractivity contribution < 1.29 is 4.79 Å². The highest BCUT2D eigenvalue weighted by Gasteiger charge is 2.23. The van der Waals surface area contributed by atoms with Gasteiger partial charge in [0.05, 0.1) is 22.3 Å². The Bertz CT molecular complexity index is 1180. The third-order valence-corrected chi connectivity index (χ3v) is 6.95. The van der Waals surface area contributed by atoms with Gasteiger partial charge in [-0.25, -0.2) is 0 Å². The highest BCUT2D eigenvalue weighted by Crippen LogP contribution is 2.28. The molecule has 0 aliphatic rings. The molecule has 0 saturated carbocycles. The van der Waals surface area contributed by atoms with E-state index in [4.69, 9.17) is 0 Å². The summed E-state index contributed by atoms with van der Waals surface area (Å²) in [5.41, 5.74) is 3.47. The van der Waals surface area contributed by atoms with Crippen molar-refractivity contribution in [2.45, 2.75) is 37.6 Å². The second kappa shape index (κ2) is 9.07. The molecule has 4 rings (SSSR count). The van der Waals surface area contributed by atoms with Crippen molar-refractivity contribution >= 4 is 34.7 Å². The smallest absolute Gasteiger partial charge is 0.237 e. The largest absolute Gasteiger partial charge is 0.322 e. The third-order valence-electron chi connectivity index (χ3n) is 5.04. The summed E-state index contributed by atoms with van der Waals surface area (Å²) in [6, 6.07) is 14.1. The van der Waals surface area contributed by atoms with E-state index in [1.807, 2.05) is 68.8 Å². The first-order chi connectivity index (χ1) is 14.9. The molecular formula is C22H24N6OS2. The number of aromatic nitrogens is 5. The third kappa shape index (κ3) is 4.57. The number of hydrogen-bond acceptors (Lipinski definition) is 6. The fourth-order valence-corrected chi connectivity index (χ4v) is 4.88. The fraction of sp³-hybridized carbons (Fsp3) is 0.273. The molecule has 0 bridgehead atoms. The van der Waals surface area contributed by atoms with Crippen LogP contribution in [0.25, 0.3) is 5.69 Å². The van der Waals surface area contributed by atoms with Crippen LogP contribution >= 0.6 is 23.1 Å². The zero-order chi connectivity index (χ0) is 22.0. The number of carbonyl (C=O) groups excluding carboxylic acids is 1. The van der Waals surface area contributed by atoms with Gasteiger partial charge in [-0.05, 0) is 44.4 Å². The molecule has 3 heterocycles. The molecule has 0 aliphatic heterocycles. The van der Waals surface area contributed by atoms with Gasteiger partial charge in [0.25, 0.3) is 0 Å². The lowest BCUT2D eigenvalue weighted by Gasteiger charge is -2.14. The monoisotopic (exact) mass is 452 g/mol. The highest BCUT2D eigenvalue weighted by atomic mass is 32.2. The molecule has 0 radical (unpaired) electrons. The minimum absolute atomic E-state index is 0.0911. The molecular weight excluding hydrogens is 428 g/mol. The van der Waals surface area contributed by atoms with E-state index in [1.54, 1.807) is 16.0 Å². The van der Waals surface area contributed by atoms with Gasteiger partial charge in [-0.1, -0.05) is 36.0 Å². The number of para-hydroxylation sites is 1. The average molecular weight is 453 g/mol. The maximum atomic E-state index is 12.9. The van der Waals surface area contributed by atoms with E-state index < -0.39 is 0 Å². The molecule has 0 aliphatic carbocycles. The van der Waals surface area contributed by atoms with Crippen LogP contribution in [0.15, 0.2) is 53.0 Å². The predicted octanol–water partition coefficient (Wildman–Crippen LogP) is 4.39. The fourth-order valence-electron chi connectivity index (χ4n) is 3.29. The Kier molecular flexibility index (Phi) is 6.24. The summed E-state index contributed by atoms with van der Waals surface area (Å²) in [6.07, 6.45) is 0.689. The SMILES string of the molecule is Cc1nn(C)c(C)c1NC(=O)C(C)Sc1nnc(Cc2cccs2)n1-c1ccccc1. The molecule has 1 N–H and O–H groups in total. The molecule has 3 aromatic heterocycles. The number of anilines is 1. The lowest BCUT2D eigenvalue weighted by atomic mass is 10.3. The minimum atomic E-state index is -0.361.